The molecule has 0 aliphatic rings. The normalized spacial score (nSPS) is 11.8. The molecule has 1 heterocycles. The Labute approximate surface area is 324 Å². The Kier molecular flexibility index (Phi) is 13.8. The van der Waals surface area contributed by atoms with Crippen LogP contribution in [0, 0.1) is 0 Å². The van der Waals surface area contributed by atoms with Crippen LogP contribution in [0.4, 0.5) is 11.4 Å². The molecule has 7 aromatic rings. The molecule has 52 heavy (non-hydrogen) atoms. The van der Waals surface area contributed by atoms with Gasteiger partial charge in [-0.05, 0) is 97.9 Å². The summed E-state index contributed by atoms with van der Waals surface area (Å²) in [4.78, 5) is 13.5. The quantitative estimate of drug-likeness (QED) is 0.0814. The minimum atomic E-state index is -0.642. The Morgan fingerprint density at radius 1 is 0.404 bits per heavy atom. The first-order chi connectivity index (χ1) is 25.5. The average Bonchev–Trinajstić information content (AvgIpc) is 3.70. The number of halogens is 2. The van der Waals surface area contributed by atoms with Crippen LogP contribution >= 0.6 is 36.0 Å². The predicted octanol–water partition coefficient (Wildman–Crippen LogP) is 10.2. The Morgan fingerprint density at radius 2 is 0.654 bits per heavy atom. The average molecular weight is 797 g/mol. The summed E-state index contributed by atoms with van der Waals surface area (Å²) in [6, 6.07) is 64.7. The summed E-state index contributed by atoms with van der Waals surface area (Å²) in [6.45, 7) is 4.10. The van der Waals surface area contributed by atoms with Crippen molar-refractivity contribution in [1.82, 2.24) is 4.98 Å². The molecule has 7 rings (SSSR count). The van der Waals surface area contributed by atoms with Crippen molar-refractivity contribution in [3.8, 4) is 0 Å². The van der Waals surface area contributed by atoms with E-state index < -0.39 is 15.8 Å². The summed E-state index contributed by atoms with van der Waals surface area (Å²) in [5, 5.41) is 7.98. The van der Waals surface area contributed by atoms with Crippen LogP contribution in [0.15, 0.2) is 192 Å². The van der Waals surface area contributed by atoms with Crippen molar-refractivity contribution in [3.05, 3.63) is 193 Å². The van der Waals surface area contributed by atoms with Crippen molar-refractivity contribution in [3.63, 3.8) is 0 Å². The predicted molar refractivity (Wildman–Crippen MR) is 227 cm³/mol. The molecule has 0 aliphatic heterocycles. The van der Waals surface area contributed by atoms with Crippen LogP contribution in [0.2, 0.25) is 0 Å². The Morgan fingerprint density at radius 3 is 0.923 bits per heavy atom. The fourth-order valence-corrected chi connectivity index (χ4v) is 10.4. The van der Waals surface area contributed by atoms with Gasteiger partial charge in [0.05, 0.1) is 34.2 Å². The van der Waals surface area contributed by atoms with Gasteiger partial charge in [0.25, 0.3) is 0 Å². The molecular formula is C44H37Cl2FeN3P2. The van der Waals surface area contributed by atoms with Gasteiger partial charge in [-0.1, -0.05) is 146 Å². The molecule has 3 nitrogen and oxygen atoms in total. The number of hydrogen-bond donors (Lipinski definition) is 1. The zero-order valence-corrected chi connectivity index (χ0v) is 33.1. The van der Waals surface area contributed by atoms with Gasteiger partial charge in [-0.3, -0.25) is 9.98 Å². The van der Waals surface area contributed by atoms with Gasteiger partial charge in [0.2, 0.25) is 0 Å². The van der Waals surface area contributed by atoms with Crippen LogP contribution in [0.1, 0.15) is 25.2 Å². The van der Waals surface area contributed by atoms with Crippen LogP contribution in [-0.4, -0.2) is 16.4 Å². The van der Waals surface area contributed by atoms with Gasteiger partial charge in [0.15, 0.2) is 0 Å². The molecular weight excluding hydrogens is 759 g/mol. The van der Waals surface area contributed by atoms with Crippen molar-refractivity contribution < 1.29 is 13.1 Å². The molecule has 8 heteroatoms. The standard InChI is InChI=1S/C44H37N3P2.2ClH.Fe/c1-33(45-35-23-27-41(28-24-35)48(37-15-7-3-8-16-37)38-17-9-4-10-18-38)43-31-32-44(47-43)34(2)46-36-25-29-42(30-26-36)49(39-19-11-5-12-20-39)40-21-13-6-14-22-40;;;/h3-32,47H,1-2H3;2*1H;/q;;;+2/p-2. The minimum absolute atomic E-state index is 0.194. The molecule has 0 radical (unpaired) electrons. The number of aromatic amines is 1. The number of rotatable bonds is 10. The molecule has 0 unspecified atom stereocenters. The molecule has 0 atom stereocenters. The third-order valence-electron chi connectivity index (χ3n) is 8.33. The molecule has 260 valence electrons. The number of nitrogens with zero attached hydrogens (tertiary/aromatic N) is 2. The van der Waals surface area contributed by atoms with Crippen molar-refractivity contribution in [2.24, 2.45) is 9.98 Å². The van der Waals surface area contributed by atoms with Crippen LogP contribution < -0.4 is 31.8 Å². The number of aliphatic imine (C=N–C) groups is 2. The summed E-state index contributed by atoms with van der Waals surface area (Å²) in [5.41, 5.74) is 5.70. The van der Waals surface area contributed by atoms with E-state index in [4.69, 9.17) is 30.2 Å². The van der Waals surface area contributed by atoms with Crippen molar-refractivity contribution >= 4 is 90.7 Å². The topological polar surface area (TPSA) is 40.5 Å². The van der Waals surface area contributed by atoms with Crippen LogP contribution in [-0.2, 0) is 13.1 Å². The van der Waals surface area contributed by atoms with E-state index in [0.717, 1.165) is 34.2 Å². The van der Waals surface area contributed by atoms with Gasteiger partial charge in [-0.15, -0.1) is 0 Å². The summed E-state index contributed by atoms with van der Waals surface area (Å²) >= 11 is 0.194. The molecule has 1 aromatic heterocycles. The summed E-state index contributed by atoms with van der Waals surface area (Å²) in [6.07, 6.45) is 0. The summed E-state index contributed by atoms with van der Waals surface area (Å²) in [7, 11) is 8.24. The van der Waals surface area contributed by atoms with Crippen LogP contribution in [0.25, 0.3) is 0 Å². The van der Waals surface area contributed by atoms with E-state index in [9.17, 15) is 0 Å². The zero-order valence-electron chi connectivity index (χ0n) is 28.7. The monoisotopic (exact) mass is 795 g/mol. The maximum absolute atomic E-state index is 4.96. The first-order valence-electron chi connectivity index (χ1n) is 16.7. The van der Waals surface area contributed by atoms with E-state index in [-0.39, 0.29) is 13.1 Å². The fraction of sp³-hybridized carbons (Fsp3) is 0.0455. The zero-order chi connectivity index (χ0) is 36.1. The molecule has 1 N–H and O–H groups in total. The Hall–Kier alpha value is -4.10. The van der Waals surface area contributed by atoms with Gasteiger partial charge in [0, 0.05) is 0 Å². The van der Waals surface area contributed by atoms with Gasteiger partial charge in [-0.2, -0.15) is 0 Å². The first-order valence-corrected chi connectivity index (χ1v) is 22.4. The molecule has 0 spiro atoms. The Bertz CT molecular complexity index is 1960. The van der Waals surface area contributed by atoms with Gasteiger partial charge >= 0.3 is 33.3 Å². The van der Waals surface area contributed by atoms with Crippen LogP contribution in [0.5, 0.6) is 0 Å². The van der Waals surface area contributed by atoms with Crippen molar-refractivity contribution in [2.75, 3.05) is 0 Å². The maximum atomic E-state index is 4.96. The van der Waals surface area contributed by atoms with Gasteiger partial charge < -0.3 is 4.98 Å². The molecule has 0 saturated carbocycles. The third-order valence-corrected chi connectivity index (χ3v) is 13.2. The molecule has 0 saturated heterocycles. The van der Waals surface area contributed by atoms with E-state index in [1.807, 2.05) is 13.8 Å². The second kappa shape index (κ2) is 19.1. The SMILES string of the molecule is CC(=Nc1ccc(P(c2ccccc2)c2ccccc2)cc1)c1ccc(C(C)=Nc2ccc(P(c3ccccc3)c3ccccc3)cc2)[nH]1.[Cl][Fe][Cl]. The van der Waals surface area contributed by atoms with E-state index in [2.05, 4.69) is 187 Å². The first kappa shape index (κ1) is 37.6. The van der Waals surface area contributed by atoms with Gasteiger partial charge in [0.1, 0.15) is 0 Å². The molecule has 0 amide bonds. The van der Waals surface area contributed by atoms with Crippen LogP contribution in [0.3, 0.4) is 0 Å². The van der Waals surface area contributed by atoms with E-state index >= 15 is 0 Å². The van der Waals surface area contributed by atoms with E-state index in [1.54, 1.807) is 0 Å². The molecule has 0 bridgehead atoms. The van der Waals surface area contributed by atoms with Crippen molar-refractivity contribution in [1.29, 1.82) is 0 Å². The number of nitrogens with one attached hydrogen (secondary N) is 1. The molecule has 6 aromatic carbocycles. The third kappa shape index (κ3) is 9.85. The Balaban J connectivity index is 0.00000150. The molecule has 0 aliphatic carbocycles. The van der Waals surface area contributed by atoms with Crippen molar-refractivity contribution in [2.45, 2.75) is 13.8 Å². The number of hydrogen-bond acceptors (Lipinski definition) is 2. The second-order valence-electron chi connectivity index (χ2n) is 11.8. The van der Waals surface area contributed by atoms with Gasteiger partial charge in [-0.25, -0.2) is 0 Å². The van der Waals surface area contributed by atoms with E-state index in [1.165, 1.54) is 31.8 Å². The second-order valence-corrected chi connectivity index (χ2v) is 18.0. The number of aromatic nitrogens is 1. The summed E-state index contributed by atoms with van der Waals surface area (Å²) < 4.78 is 0. The van der Waals surface area contributed by atoms with E-state index in [0.29, 0.717) is 0 Å². The number of H-pyrrole nitrogens is 1. The molecule has 0 fully saturated rings. The number of benzene rings is 6. The fourth-order valence-electron chi connectivity index (χ4n) is 5.88. The summed E-state index contributed by atoms with van der Waals surface area (Å²) in [5.74, 6) is 0.